The van der Waals surface area contributed by atoms with Gasteiger partial charge in [-0.15, -0.1) is 0 Å². The van der Waals surface area contributed by atoms with E-state index in [0.29, 0.717) is 0 Å². The van der Waals surface area contributed by atoms with Crippen molar-refractivity contribution in [3.8, 4) is 11.1 Å². The van der Waals surface area contributed by atoms with Gasteiger partial charge in [0.1, 0.15) is 5.82 Å². The van der Waals surface area contributed by atoms with Crippen LogP contribution in [0, 0.1) is 5.82 Å². The fourth-order valence-electron chi connectivity index (χ4n) is 4.85. The van der Waals surface area contributed by atoms with Crippen molar-refractivity contribution in [2.75, 3.05) is 0 Å². The number of rotatable bonds is 1. The van der Waals surface area contributed by atoms with Crippen molar-refractivity contribution in [2.45, 2.75) is 5.92 Å². The van der Waals surface area contributed by atoms with Crippen molar-refractivity contribution in [1.82, 2.24) is 0 Å². The van der Waals surface area contributed by atoms with E-state index in [4.69, 9.17) is 0 Å². The molecule has 5 aromatic rings. The Morgan fingerprint density at radius 3 is 1.89 bits per heavy atom. The molecule has 0 spiro atoms. The second kappa shape index (κ2) is 5.77. The van der Waals surface area contributed by atoms with Crippen molar-refractivity contribution in [2.24, 2.45) is 0 Å². The highest BCUT2D eigenvalue weighted by atomic mass is 19.1. The van der Waals surface area contributed by atoms with Gasteiger partial charge in [0.15, 0.2) is 0 Å². The fourth-order valence-corrected chi connectivity index (χ4v) is 4.85. The maximum absolute atomic E-state index is 14.3. The molecule has 28 heavy (non-hydrogen) atoms. The van der Waals surface area contributed by atoms with E-state index in [1.807, 2.05) is 6.07 Å². The standard InChI is InChI=1S/C27H17F/c28-19-13-14-23-22-11-5-6-12-24(22)27(25(23)16-19)26-20-9-3-1-7-17(20)15-18-8-2-4-10-21(18)26/h1-16,27H. The minimum absolute atomic E-state index is 0.0258. The Labute approximate surface area is 162 Å². The first-order chi connectivity index (χ1) is 13.8. The van der Waals surface area contributed by atoms with Crippen molar-refractivity contribution in [3.05, 3.63) is 120 Å². The molecule has 1 unspecified atom stereocenters. The van der Waals surface area contributed by atoms with Gasteiger partial charge in [0, 0.05) is 5.92 Å². The number of benzene rings is 5. The molecule has 0 saturated heterocycles. The topological polar surface area (TPSA) is 0 Å². The monoisotopic (exact) mass is 360 g/mol. The van der Waals surface area contributed by atoms with E-state index in [9.17, 15) is 4.39 Å². The van der Waals surface area contributed by atoms with E-state index in [1.165, 1.54) is 38.2 Å². The van der Waals surface area contributed by atoms with Gasteiger partial charge >= 0.3 is 0 Å². The van der Waals surface area contributed by atoms with Crippen LogP contribution in [-0.4, -0.2) is 0 Å². The molecule has 0 saturated carbocycles. The molecule has 5 aromatic carbocycles. The summed E-state index contributed by atoms with van der Waals surface area (Å²) in [6.07, 6.45) is 0. The van der Waals surface area contributed by atoms with Gasteiger partial charge in [-0.2, -0.15) is 0 Å². The summed E-state index contributed by atoms with van der Waals surface area (Å²) in [5, 5.41) is 4.91. The van der Waals surface area contributed by atoms with Crippen LogP contribution in [-0.2, 0) is 0 Å². The van der Waals surface area contributed by atoms with Gasteiger partial charge in [0.25, 0.3) is 0 Å². The molecule has 1 heteroatoms. The lowest BCUT2D eigenvalue weighted by Crippen LogP contribution is -2.02. The van der Waals surface area contributed by atoms with Crippen molar-refractivity contribution in [3.63, 3.8) is 0 Å². The lowest BCUT2D eigenvalue weighted by atomic mass is 9.83. The molecule has 0 amide bonds. The SMILES string of the molecule is Fc1ccc2c(c1)C(c1c3ccccc3cc3ccccc13)c1ccccc1-2. The van der Waals surface area contributed by atoms with Gasteiger partial charge in [0.05, 0.1) is 0 Å². The Bertz CT molecular complexity index is 1330. The maximum atomic E-state index is 14.3. The number of fused-ring (bicyclic) bond motifs is 5. The maximum Gasteiger partial charge on any atom is 0.123 e. The van der Waals surface area contributed by atoms with Crippen LogP contribution in [0.25, 0.3) is 32.7 Å². The van der Waals surface area contributed by atoms with Crippen molar-refractivity contribution in [1.29, 1.82) is 0 Å². The minimum Gasteiger partial charge on any atom is -0.207 e. The van der Waals surface area contributed by atoms with Gasteiger partial charge in [0.2, 0.25) is 0 Å². The van der Waals surface area contributed by atoms with E-state index in [0.717, 1.165) is 11.1 Å². The summed E-state index contributed by atoms with van der Waals surface area (Å²) in [4.78, 5) is 0. The Hall–Kier alpha value is -3.45. The Kier molecular flexibility index (Phi) is 3.21. The van der Waals surface area contributed by atoms with E-state index in [-0.39, 0.29) is 11.7 Å². The molecule has 0 bridgehead atoms. The smallest absolute Gasteiger partial charge is 0.123 e. The first-order valence-corrected chi connectivity index (χ1v) is 9.60. The predicted molar refractivity (Wildman–Crippen MR) is 114 cm³/mol. The van der Waals surface area contributed by atoms with Crippen LogP contribution >= 0.6 is 0 Å². The highest BCUT2D eigenvalue weighted by molar-refractivity contribution is 6.04. The zero-order valence-electron chi connectivity index (χ0n) is 15.2. The first kappa shape index (κ1) is 15.6. The minimum atomic E-state index is -0.180. The summed E-state index contributed by atoms with van der Waals surface area (Å²) < 4.78 is 14.3. The second-order valence-electron chi connectivity index (χ2n) is 7.48. The molecule has 0 aromatic heterocycles. The molecule has 6 rings (SSSR count). The summed E-state index contributed by atoms with van der Waals surface area (Å²) in [5.41, 5.74) is 5.93. The molecule has 0 N–H and O–H groups in total. The normalized spacial score (nSPS) is 15.0. The van der Waals surface area contributed by atoms with Gasteiger partial charge in [-0.05, 0) is 67.6 Å². The quantitative estimate of drug-likeness (QED) is 0.270. The highest BCUT2D eigenvalue weighted by Crippen LogP contribution is 2.51. The highest BCUT2D eigenvalue weighted by Gasteiger charge is 2.32. The molecular weight excluding hydrogens is 343 g/mol. The molecule has 0 radical (unpaired) electrons. The molecule has 0 fully saturated rings. The molecule has 0 heterocycles. The van der Waals surface area contributed by atoms with Crippen LogP contribution in [0.1, 0.15) is 22.6 Å². The van der Waals surface area contributed by atoms with E-state index < -0.39 is 0 Å². The Morgan fingerprint density at radius 2 is 1.14 bits per heavy atom. The average Bonchev–Trinajstić information content (AvgIpc) is 3.05. The third-order valence-corrected chi connectivity index (χ3v) is 5.99. The predicted octanol–water partition coefficient (Wildman–Crippen LogP) is 7.29. The number of halogens is 1. The van der Waals surface area contributed by atoms with Crippen LogP contribution in [0.2, 0.25) is 0 Å². The third kappa shape index (κ3) is 2.10. The molecule has 0 aliphatic heterocycles. The fraction of sp³-hybridized carbons (Fsp3) is 0.0370. The van der Waals surface area contributed by atoms with Crippen LogP contribution in [0.5, 0.6) is 0 Å². The molecule has 0 nitrogen and oxygen atoms in total. The van der Waals surface area contributed by atoms with Crippen molar-refractivity contribution >= 4 is 21.5 Å². The van der Waals surface area contributed by atoms with E-state index in [1.54, 1.807) is 12.1 Å². The Morgan fingerprint density at radius 1 is 0.536 bits per heavy atom. The van der Waals surface area contributed by atoms with Gasteiger partial charge in [-0.1, -0.05) is 78.9 Å². The summed E-state index contributed by atoms with van der Waals surface area (Å²) in [5.74, 6) is -0.154. The summed E-state index contributed by atoms with van der Waals surface area (Å²) in [6, 6.07) is 33.0. The second-order valence-corrected chi connectivity index (χ2v) is 7.48. The zero-order valence-corrected chi connectivity index (χ0v) is 15.2. The van der Waals surface area contributed by atoms with Crippen molar-refractivity contribution < 1.29 is 4.39 Å². The number of hydrogen-bond donors (Lipinski definition) is 0. The third-order valence-electron chi connectivity index (χ3n) is 5.99. The van der Waals surface area contributed by atoms with Crippen LogP contribution in [0.4, 0.5) is 4.39 Å². The summed E-state index contributed by atoms with van der Waals surface area (Å²) in [6.45, 7) is 0. The van der Waals surface area contributed by atoms with E-state index >= 15 is 0 Å². The molecule has 1 aliphatic rings. The average molecular weight is 360 g/mol. The van der Waals surface area contributed by atoms with Gasteiger partial charge in [-0.25, -0.2) is 4.39 Å². The van der Waals surface area contributed by atoms with Crippen LogP contribution < -0.4 is 0 Å². The molecule has 1 atom stereocenters. The molecule has 132 valence electrons. The lowest BCUT2D eigenvalue weighted by molar-refractivity contribution is 0.626. The van der Waals surface area contributed by atoms with E-state index in [2.05, 4.69) is 78.9 Å². The summed E-state index contributed by atoms with van der Waals surface area (Å²) >= 11 is 0. The summed E-state index contributed by atoms with van der Waals surface area (Å²) in [7, 11) is 0. The zero-order chi connectivity index (χ0) is 18.7. The van der Waals surface area contributed by atoms with Crippen LogP contribution in [0.3, 0.4) is 0 Å². The Balaban J connectivity index is 1.80. The first-order valence-electron chi connectivity index (χ1n) is 9.60. The largest absolute Gasteiger partial charge is 0.207 e. The van der Waals surface area contributed by atoms with Crippen LogP contribution in [0.15, 0.2) is 97.1 Å². The number of hydrogen-bond acceptors (Lipinski definition) is 0. The molecular formula is C27H17F. The molecule has 1 aliphatic carbocycles. The lowest BCUT2D eigenvalue weighted by Gasteiger charge is -2.20. The van der Waals surface area contributed by atoms with Gasteiger partial charge < -0.3 is 0 Å². The van der Waals surface area contributed by atoms with Gasteiger partial charge in [-0.3, -0.25) is 0 Å².